The first kappa shape index (κ1) is 19.0. The number of aryl methyl sites for hydroxylation is 1. The first-order chi connectivity index (χ1) is 13.1. The van der Waals surface area contributed by atoms with Gasteiger partial charge in [0.1, 0.15) is 5.75 Å². The van der Waals surface area contributed by atoms with E-state index in [4.69, 9.17) is 4.74 Å². The molecule has 5 nitrogen and oxygen atoms in total. The quantitative estimate of drug-likeness (QED) is 0.875. The zero-order valence-corrected chi connectivity index (χ0v) is 16.0. The largest absolute Gasteiger partial charge is 0.496 e. The normalized spacial score (nSPS) is 13.9. The molecule has 2 amide bonds. The lowest BCUT2D eigenvalue weighted by atomic mass is 10.1. The van der Waals surface area contributed by atoms with Gasteiger partial charge >= 0.3 is 0 Å². The predicted octanol–water partition coefficient (Wildman–Crippen LogP) is 3.81. The fourth-order valence-electron chi connectivity index (χ4n) is 3.48. The number of nitrogens with zero attached hydrogens (tertiary/aromatic N) is 1. The number of rotatable bonds is 5. The second kappa shape index (κ2) is 8.71. The Hall–Kier alpha value is -2.82. The third-order valence-electron chi connectivity index (χ3n) is 4.90. The van der Waals surface area contributed by atoms with E-state index in [1.54, 1.807) is 19.2 Å². The Labute approximate surface area is 160 Å². The SMILES string of the molecule is COc1ccc(CC(=O)Nc2ccccc2C(=O)N2CCCCC2)cc1C. The van der Waals surface area contributed by atoms with Gasteiger partial charge in [-0.15, -0.1) is 0 Å². The van der Waals surface area contributed by atoms with Gasteiger partial charge in [-0.3, -0.25) is 9.59 Å². The van der Waals surface area contributed by atoms with Gasteiger partial charge in [0.25, 0.3) is 5.91 Å². The summed E-state index contributed by atoms with van der Waals surface area (Å²) in [6, 6.07) is 12.9. The first-order valence-corrected chi connectivity index (χ1v) is 9.40. The number of benzene rings is 2. The van der Waals surface area contributed by atoms with Gasteiger partial charge in [-0.25, -0.2) is 0 Å². The minimum atomic E-state index is -0.140. The molecule has 0 radical (unpaired) electrons. The van der Waals surface area contributed by atoms with Crippen molar-refractivity contribution >= 4 is 17.5 Å². The van der Waals surface area contributed by atoms with Crippen LogP contribution in [0.15, 0.2) is 42.5 Å². The number of anilines is 1. The number of likely N-dealkylation sites (tertiary alicyclic amines) is 1. The van der Waals surface area contributed by atoms with Crippen LogP contribution in [0.5, 0.6) is 5.75 Å². The number of carbonyl (C=O) groups is 2. The summed E-state index contributed by atoms with van der Waals surface area (Å²) in [6.45, 7) is 3.52. The molecule has 0 aromatic heterocycles. The molecular weight excluding hydrogens is 340 g/mol. The molecule has 0 atom stereocenters. The Balaban J connectivity index is 1.71. The molecule has 5 heteroatoms. The molecule has 0 spiro atoms. The summed E-state index contributed by atoms with van der Waals surface area (Å²) in [5.41, 5.74) is 3.02. The lowest BCUT2D eigenvalue weighted by Crippen LogP contribution is -2.36. The van der Waals surface area contributed by atoms with Gasteiger partial charge < -0.3 is 15.0 Å². The Morgan fingerprint density at radius 2 is 1.81 bits per heavy atom. The monoisotopic (exact) mass is 366 g/mol. The van der Waals surface area contributed by atoms with Crippen molar-refractivity contribution in [1.29, 1.82) is 0 Å². The Morgan fingerprint density at radius 1 is 1.07 bits per heavy atom. The third kappa shape index (κ3) is 4.67. The van der Waals surface area contributed by atoms with E-state index in [-0.39, 0.29) is 18.2 Å². The van der Waals surface area contributed by atoms with E-state index in [0.29, 0.717) is 11.3 Å². The molecule has 1 aliphatic heterocycles. The number of piperidine rings is 1. The van der Waals surface area contributed by atoms with E-state index in [1.807, 2.05) is 42.2 Å². The van der Waals surface area contributed by atoms with Gasteiger partial charge in [0.15, 0.2) is 0 Å². The van der Waals surface area contributed by atoms with Crippen molar-refractivity contribution in [1.82, 2.24) is 4.90 Å². The summed E-state index contributed by atoms with van der Waals surface area (Å²) in [4.78, 5) is 27.2. The average molecular weight is 366 g/mol. The van der Waals surface area contributed by atoms with Crippen molar-refractivity contribution in [2.45, 2.75) is 32.6 Å². The fraction of sp³-hybridized carbons (Fsp3) is 0.364. The van der Waals surface area contributed by atoms with E-state index >= 15 is 0 Å². The zero-order valence-electron chi connectivity index (χ0n) is 16.0. The maximum absolute atomic E-state index is 12.8. The van der Waals surface area contributed by atoms with Gasteiger partial charge in [0.05, 0.1) is 24.8 Å². The molecule has 142 valence electrons. The van der Waals surface area contributed by atoms with E-state index in [1.165, 1.54) is 6.42 Å². The molecule has 1 heterocycles. The summed E-state index contributed by atoms with van der Waals surface area (Å²) in [7, 11) is 1.63. The van der Waals surface area contributed by atoms with Crippen LogP contribution in [0.25, 0.3) is 0 Å². The van der Waals surface area contributed by atoms with Crippen molar-refractivity contribution in [2.75, 3.05) is 25.5 Å². The van der Waals surface area contributed by atoms with Gasteiger partial charge in [0, 0.05) is 13.1 Å². The van der Waals surface area contributed by atoms with Crippen molar-refractivity contribution in [3.05, 3.63) is 59.2 Å². The smallest absolute Gasteiger partial charge is 0.255 e. The van der Waals surface area contributed by atoms with Crippen molar-refractivity contribution in [3.8, 4) is 5.75 Å². The summed E-state index contributed by atoms with van der Waals surface area (Å²) in [5, 5.41) is 2.91. The van der Waals surface area contributed by atoms with E-state index in [0.717, 1.165) is 42.8 Å². The maximum Gasteiger partial charge on any atom is 0.255 e. The van der Waals surface area contributed by atoms with Crippen LogP contribution >= 0.6 is 0 Å². The van der Waals surface area contributed by atoms with Crippen LogP contribution in [0.4, 0.5) is 5.69 Å². The highest BCUT2D eigenvalue weighted by atomic mass is 16.5. The number of amides is 2. The standard InChI is InChI=1S/C22H26N2O3/c1-16-14-17(10-11-20(16)27-2)15-21(25)23-19-9-5-4-8-18(19)22(26)24-12-6-3-7-13-24/h4-5,8-11,14H,3,6-7,12-13,15H2,1-2H3,(H,23,25). The molecule has 3 rings (SSSR count). The number of methoxy groups -OCH3 is 1. The minimum Gasteiger partial charge on any atom is -0.496 e. The summed E-state index contributed by atoms with van der Waals surface area (Å²) in [5.74, 6) is 0.654. The summed E-state index contributed by atoms with van der Waals surface area (Å²) in [6.07, 6.45) is 3.49. The van der Waals surface area contributed by atoms with Crippen molar-refractivity contribution in [2.24, 2.45) is 0 Å². The molecule has 0 aliphatic carbocycles. The number of para-hydroxylation sites is 1. The molecule has 2 aromatic carbocycles. The van der Waals surface area contributed by atoms with Crippen LogP contribution in [-0.2, 0) is 11.2 Å². The van der Waals surface area contributed by atoms with Crippen LogP contribution in [0.3, 0.4) is 0 Å². The lowest BCUT2D eigenvalue weighted by Gasteiger charge is -2.27. The lowest BCUT2D eigenvalue weighted by molar-refractivity contribution is -0.115. The fourth-order valence-corrected chi connectivity index (χ4v) is 3.48. The van der Waals surface area contributed by atoms with Gasteiger partial charge in [-0.1, -0.05) is 24.3 Å². The number of nitrogens with one attached hydrogen (secondary N) is 1. The summed E-state index contributed by atoms with van der Waals surface area (Å²) >= 11 is 0. The van der Waals surface area contributed by atoms with Crippen molar-refractivity contribution in [3.63, 3.8) is 0 Å². The molecule has 1 fully saturated rings. The van der Waals surface area contributed by atoms with E-state index in [2.05, 4.69) is 5.32 Å². The molecule has 0 bridgehead atoms. The molecule has 27 heavy (non-hydrogen) atoms. The molecule has 1 N–H and O–H groups in total. The van der Waals surface area contributed by atoms with Gasteiger partial charge in [0.2, 0.25) is 5.91 Å². The van der Waals surface area contributed by atoms with Crippen LogP contribution in [0.1, 0.15) is 40.7 Å². The molecule has 2 aromatic rings. The average Bonchev–Trinajstić information content (AvgIpc) is 2.68. The highest BCUT2D eigenvalue weighted by Gasteiger charge is 2.21. The number of ether oxygens (including phenoxy) is 1. The van der Waals surface area contributed by atoms with Crippen LogP contribution in [-0.4, -0.2) is 36.9 Å². The first-order valence-electron chi connectivity index (χ1n) is 9.40. The topological polar surface area (TPSA) is 58.6 Å². The molecule has 0 saturated carbocycles. The second-order valence-corrected chi connectivity index (χ2v) is 6.93. The molecule has 0 unspecified atom stereocenters. The van der Waals surface area contributed by atoms with Crippen LogP contribution < -0.4 is 10.1 Å². The van der Waals surface area contributed by atoms with E-state index < -0.39 is 0 Å². The van der Waals surface area contributed by atoms with Crippen LogP contribution in [0, 0.1) is 6.92 Å². The maximum atomic E-state index is 12.8. The minimum absolute atomic E-state index is 0.00843. The van der Waals surface area contributed by atoms with Crippen LogP contribution in [0.2, 0.25) is 0 Å². The van der Waals surface area contributed by atoms with E-state index in [9.17, 15) is 9.59 Å². The Morgan fingerprint density at radius 3 is 2.52 bits per heavy atom. The Bertz CT molecular complexity index is 826. The molecule has 1 saturated heterocycles. The Kier molecular flexibility index (Phi) is 6.12. The summed E-state index contributed by atoms with van der Waals surface area (Å²) < 4.78 is 5.26. The number of carbonyl (C=O) groups excluding carboxylic acids is 2. The molecule has 1 aliphatic rings. The van der Waals surface area contributed by atoms with Crippen molar-refractivity contribution < 1.29 is 14.3 Å². The molecular formula is C22H26N2O3. The van der Waals surface area contributed by atoms with Gasteiger partial charge in [-0.2, -0.15) is 0 Å². The predicted molar refractivity (Wildman–Crippen MR) is 106 cm³/mol. The highest BCUT2D eigenvalue weighted by Crippen LogP contribution is 2.22. The zero-order chi connectivity index (χ0) is 19.2. The van der Waals surface area contributed by atoms with Gasteiger partial charge in [-0.05, 0) is 55.5 Å². The number of hydrogen-bond donors (Lipinski definition) is 1. The third-order valence-corrected chi connectivity index (χ3v) is 4.90. The number of hydrogen-bond acceptors (Lipinski definition) is 3. The highest BCUT2D eigenvalue weighted by molar-refractivity contribution is 6.04. The second-order valence-electron chi connectivity index (χ2n) is 6.93.